The number of aliphatic imine (C=N–C) groups is 2. The Morgan fingerprint density at radius 1 is 0.467 bits per heavy atom. The van der Waals surface area contributed by atoms with Gasteiger partial charge in [0.1, 0.15) is 12.1 Å². The van der Waals surface area contributed by atoms with E-state index in [9.17, 15) is 0 Å². The van der Waals surface area contributed by atoms with E-state index in [1.54, 1.807) is 0 Å². The SMILES string of the molecule is Cc1ccc(C2(c3ccc(C)cc3)OC(CC3=N[C@H](C(C)C)C(c4ccc(C)cc4)(c4ccc(C)cc4)O3)=N[C@@H]2C(C)C)cc1. The standard InChI is InChI=1S/C41H46N2O2/c1-26(2)38-40(32-17-9-28(5)10-18-32,33-19-11-29(6)12-20-33)44-36(42-38)25-37-43-39(27(3)4)41(45-37,34-21-13-30(7)14-22-34)35-23-15-31(8)16-24-35/h9-24,26-27,38-39H,25H2,1-8H3/t38-,39-/m1/s1. The summed E-state index contributed by atoms with van der Waals surface area (Å²) in [6.07, 6.45) is 0.394. The van der Waals surface area contributed by atoms with Crippen LogP contribution in [0.2, 0.25) is 0 Å². The van der Waals surface area contributed by atoms with Crippen LogP contribution >= 0.6 is 0 Å². The number of ether oxygens (including phenoxy) is 2. The molecule has 4 aromatic carbocycles. The molecule has 4 heteroatoms. The normalized spacial score (nSPS) is 20.1. The molecule has 2 aliphatic rings. The summed E-state index contributed by atoms with van der Waals surface area (Å²) < 4.78 is 14.3. The van der Waals surface area contributed by atoms with Crippen molar-refractivity contribution < 1.29 is 9.47 Å². The number of benzene rings is 4. The quantitative estimate of drug-likeness (QED) is 0.203. The van der Waals surface area contributed by atoms with E-state index in [1.807, 2.05) is 0 Å². The Hall–Kier alpha value is -4.18. The first-order chi connectivity index (χ1) is 21.5. The van der Waals surface area contributed by atoms with Gasteiger partial charge in [-0.15, -0.1) is 0 Å². The van der Waals surface area contributed by atoms with E-state index < -0.39 is 11.2 Å². The summed E-state index contributed by atoms with van der Waals surface area (Å²) in [4.78, 5) is 10.6. The maximum atomic E-state index is 7.13. The van der Waals surface area contributed by atoms with E-state index >= 15 is 0 Å². The third-order valence-electron chi connectivity index (χ3n) is 9.44. The van der Waals surface area contributed by atoms with Gasteiger partial charge in [0.15, 0.2) is 23.0 Å². The molecule has 2 heterocycles. The molecule has 0 unspecified atom stereocenters. The summed E-state index contributed by atoms with van der Waals surface area (Å²) >= 11 is 0. The minimum Gasteiger partial charge on any atom is -0.462 e. The van der Waals surface area contributed by atoms with Crippen LogP contribution in [0.4, 0.5) is 0 Å². The second-order valence-electron chi connectivity index (χ2n) is 13.7. The second-order valence-corrected chi connectivity index (χ2v) is 13.7. The fourth-order valence-electron chi connectivity index (χ4n) is 7.02. The van der Waals surface area contributed by atoms with Gasteiger partial charge in [-0.3, -0.25) is 0 Å². The van der Waals surface area contributed by atoms with E-state index in [4.69, 9.17) is 19.5 Å². The van der Waals surface area contributed by atoms with Crippen molar-refractivity contribution in [2.45, 2.75) is 85.1 Å². The lowest BCUT2D eigenvalue weighted by Gasteiger charge is -2.37. The Labute approximate surface area is 269 Å². The number of nitrogens with zero attached hydrogens (tertiary/aromatic N) is 2. The van der Waals surface area contributed by atoms with E-state index in [0.717, 1.165) is 22.3 Å². The lowest BCUT2D eigenvalue weighted by atomic mass is 9.76. The van der Waals surface area contributed by atoms with Crippen molar-refractivity contribution in [1.82, 2.24) is 0 Å². The molecule has 4 nitrogen and oxygen atoms in total. The van der Waals surface area contributed by atoms with Crippen LogP contribution in [0.15, 0.2) is 107 Å². The van der Waals surface area contributed by atoms with Crippen LogP contribution < -0.4 is 0 Å². The third-order valence-corrected chi connectivity index (χ3v) is 9.44. The van der Waals surface area contributed by atoms with Gasteiger partial charge in [0.25, 0.3) is 0 Å². The van der Waals surface area contributed by atoms with Crippen molar-refractivity contribution in [3.8, 4) is 0 Å². The molecule has 4 aromatic rings. The third kappa shape index (κ3) is 5.49. The van der Waals surface area contributed by atoms with Crippen molar-refractivity contribution in [2.24, 2.45) is 21.8 Å². The molecule has 0 aliphatic carbocycles. The molecule has 232 valence electrons. The molecule has 0 aromatic heterocycles. The van der Waals surface area contributed by atoms with E-state index in [0.29, 0.717) is 18.2 Å². The first-order valence-corrected chi connectivity index (χ1v) is 16.3. The largest absolute Gasteiger partial charge is 0.462 e. The zero-order valence-corrected chi connectivity index (χ0v) is 28.0. The minimum absolute atomic E-state index is 0.111. The molecule has 0 spiro atoms. The fourth-order valence-corrected chi connectivity index (χ4v) is 7.02. The summed E-state index contributed by atoms with van der Waals surface area (Å²) in [7, 11) is 0. The molecule has 0 N–H and O–H groups in total. The van der Waals surface area contributed by atoms with Crippen LogP contribution in [0, 0.1) is 39.5 Å². The van der Waals surface area contributed by atoms with Crippen LogP contribution in [0.1, 0.15) is 78.6 Å². The second kappa shape index (κ2) is 12.0. The monoisotopic (exact) mass is 598 g/mol. The molecular weight excluding hydrogens is 552 g/mol. The highest BCUT2D eigenvalue weighted by Gasteiger charge is 2.54. The van der Waals surface area contributed by atoms with E-state index in [1.165, 1.54) is 22.3 Å². The summed E-state index contributed by atoms with van der Waals surface area (Å²) in [6, 6.07) is 34.7. The van der Waals surface area contributed by atoms with Gasteiger partial charge in [0.05, 0.1) is 6.42 Å². The predicted molar refractivity (Wildman–Crippen MR) is 185 cm³/mol. The van der Waals surface area contributed by atoms with Crippen LogP contribution in [0.5, 0.6) is 0 Å². The Morgan fingerprint density at radius 3 is 0.933 bits per heavy atom. The van der Waals surface area contributed by atoms with Crippen LogP contribution in [-0.4, -0.2) is 23.9 Å². The zero-order chi connectivity index (χ0) is 31.9. The van der Waals surface area contributed by atoms with E-state index in [-0.39, 0.29) is 23.9 Å². The predicted octanol–water partition coefficient (Wildman–Crippen LogP) is 9.40. The van der Waals surface area contributed by atoms with Gasteiger partial charge in [-0.25, -0.2) is 9.98 Å². The molecule has 2 aliphatic heterocycles. The van der Waals surface area contributed by atoms with E-state index in [2.05, 4.69) is 152 Å². The molecule has 0 saturated carbocycles. The van der Waals surface area contributed by atoms with Crippen molar-refractivity contribution in [3.63, 3.8) is 0 Å². The number of aryl methyl sites for hydroxylation is 4. The minimum atomic E-state index is -0.744. The summed E-state index contributed by atoms with van der Waals surface area (Å²) in [5, 5.41) is 0. The molecule has 0 fully saturated rings. The van der Waals surface area contributed by atoms with Gasteiger partial charge >= 0.3 is 0 Å². The Bertz CT molecular complexity index is 1480. The van der Waals surface area contributed by atoms with Crippen molar-refractivity contribution >= 4 is 11.8 Å². The first-order valence-electron chi connectivity index (χ1n) is 16.3. The van der Waals surface area contributed by atoms with Crippen molar-refractivity contribution in [3.05, 3.63) is 142 Å². The topological polar surface area (TPSA) is 43.2 Å². The zero-order valence-electron chi connectivity index (χ0n) is 28.0. The number of hydrogen-bond acceptors (Lipinski definition) is 4. The maximum Gasteiger partial charge on any atom is 0.194 e. The summed E-state index contributed by atoms with van der Waals surface area (Å²) in [5.41, 5.74) is 7.82. The highest BCUT2D eigenvalue weighted by molar-refractivity contribution is 5.99. The Kier molecular flexibility index (Phi) is 8.20. The average molecular weight is 599 g/mol. The molecule has 0 bridgehead atoms. The summed E-state index contributed by atoms with van der Waals surface area (Å²) in [6.45, 7) is 17.4. The van der Waals surface area contributed by atoms with Gasteiger partial charge in [0, 0.05) is 22.3 Å². The smallest absolute Gasteiger partial charge is 0.194 e. The van der Waals surface area contributed by atoms with Crippen LogP contribution in [0.3, 0.4) is 0 Å². The van der Waals surface area contributed by atoms with Gasteiger partial charge in [-0.1, -0.05) is 147 Å². The average Bonchev–Trinajstić information content (AvgIpc) is 3.59. The maximum absolute atomic E-state index is 7.13. The molecule has 6 rings (SSSR count). The van der Waals surface area contributed by atoms with Crippen LogP contribution in [0.25, 0.3) is 0 Å². The van der Waals surface area contributed by atoms with Crippen molar-refractivity contribution in [1.29, 1.82) is 0 Å². The molecule has 0 radical (unpaired) electrons. The summed E-state index contributed by atoms with van der Waals surface area (Å²) in [5.74, 6) is 1.80. The lowest BCUT2D eigenvalue weighted by Crippen LogP contribution is -2.42. The fraction of sp³-hybridized carbons (Fsp3) is 0.366. The molecule has 2 atom stereocenters. The lowest BCUT2D eigenvalue weighted by molar-refractivity contribution is 0.0722. The number of hydrogen-bond donors (Lipinski definition) is 0. The van der Waals surface area contributed by atoms with Gasteiger partial charge in [0.2, 0.25) is 0 Å². The molecule has 0 saturated heterocycles. The van der Waals surface area contributed by atoms with Gasteiger partial charge in [-0.05, 0) is 39.5 Å². The highest BCUT2D eigenvalue weighted by atomic mass is 16.5. The Balaban J connectivity index is 1.42. The number of rotatable bonds is 8. The van der Waals surface area contributed by atoms with Gasteiger partial charge < -0.3 is 9.47 Å². The first kappa shape index (κ1) is 30.8. The van der Waals surface area contributed by atoms with Crippen LogP contribution in [-0.2, 0) is 20.7 Å². The van der Waals surface area contributed by atoms with Gasteiger partial charge in [-0.2, -0.15) is 0 Å². The highest BCUT2D eigenvalue weighted by Crippen LogP contribution is 2.48. The molecule has 0 amide bonds. The Morgan fingerprint density at radius 2 is 0.711 bits per heavy atom. The molecular formula is C41H46N2O2. The van der Waals surface area contributed by atoms with Crippen molar-refractivity contribution in [2.75, 3.05) is 0 Å². The molecule has 45 heavy (non-hydrogen) atoms.